The van der Waals surface area contributed by atoms with Crippen molar-refractivity contribution in [2.75, 3.05) is 34.2 Å². The zero-order chi connectivity index (χ0) is 26.6. The number of nitrogens with one attached hydrogen (secondary N) is 3. The van der Waals surface area contributed by atoms with Crippen LogP contribution in [0.25, 0.3) is 17.4 Å². The van der Waals surface area contributed by atoms with E-state index in [2.05, 4.69) is 35.4 Å². The molecule has 3 heterocycles. The Morgan fingerprint density at radius 1 is 1.08 bits per heavy atom. The molecule has 8 N–H and O–H groups in total. The topological polar surface area (TPSA) is 195 Å². The predicted octanol–water partition coefficient (Wildman–Crippen LogP) is 3.46. The van der Waals surface area contributed by atoms with E-state index >= 15 is 0 Å². The summed E-state index contributed by atoms with van der Waals surface area (Å²) < 4.78 is 9.82. The molecule has 0 aliphatic carbocycles. The predicted molar refractivity (Wildman–Crippen MR) is 145 cm³/mol. The Morgan fingerprint density at radius 2 is 1.84 bits per heavy atom. The number of benzene rings is 2. The largest absolute Gasteiger partial charge is 0.506 e. The van der Waals surface area contributed by atoms with Gasteiger partial charge in [-0.25, -0.2) is 0 Å². The highest BCUT2D eigenvalue weighted by molar-refractivity contribution is 8.00. The molecule has 38 heavy (non-hydrogen) atoms. The second-order valence-electron chi connectivity index (χ2n) is 7.83. The van der Waals surface area contributed by atoms with Crippen LogP contribution in [0.15, 0.2) is 64.1 Å². The standard InChI is InChI=1S/C23H21ClN10O3S/c24-16-11-14(10-15(18(16)35)19(25)36)38-33-13-5-3-12(4-6-13)27-7-8-28-22-30-21(26)34-23(31-22)29-20(32-34)17-2-1-9-37-17/h1-6,9-11,27,33,35H,7-8H2,(H2,25,36)(H3,26,28,29,30,31,32). The molecule has 0 saturated carbocycles. The Labute approximate surface area is 224 Å². The first-order valence-electron chi connectivity index (χ1n) is 11.1. The highest BCUT2D eigenvalue weighted by Gasteiger charge is 2.15. The van der Waals surface area contributed by atoms with E-state index in [0.717, 1.165) is 11.4 Å². The lowest BCUT2D eigenvalue weighted by molar-refractivity contribution is 0.0997. The van der Waals surface area contributed by atoms with E-state index in [0.29, 0.717) is 41.3 Å². The number of primary amides is 1. The van der Waals surface area contributed by atoms with Crippen molar-refractivity contribution >= 4 is 58.5 Å². The van der Waals surface area contributed by atoms with Crippen molar-refractivity contribution in [2.24, 2.45) is 5.73 Å². The minimum absolute atomic E-state index is 0.0388. The molecule has 15 heteroatoms. The number of furan rings is 1. The van der Waals surface area contributed by atoms with Crippen LogP contribution in [0.5, 0.6) is 5.75 Å². The number of nitrogens with zero attached hydrogens (tertiary/aromatic N) is 5. The molecule has 0 atom stereocenters. The minimum Gasteiger partial charge on any atom is -0.506 e. The number of phenols is 1. The van der Waals surface area contributed by atoms with Gasteiger partial charge >= 0.3 is 0 Å². The molecule has 0 aliphatic rings. The Morgan fingerprint density at radius 3 is 2.58 bits per heavy atom. The van der Waals surface area contributed by atoms with Crippen LogP contribution in [0.1, 0.15) is 10.4 Å². The lowest BCUT2D eigenvalue weighted by Gasteiger charge is -2.11. The fourth-order valence-corrected chi connectivity index (χ4v) is 4.38. The van der Waals surface area contributed by atoms with Gasteiger partial charge in [-0.05, 0) is 60.5 Å². The molecule has 0 saturated heterocycles. The number of carbonyl (C=O) groups is 1. The summed E-state index contributed by atoms with van der Waals surface area (Å²) in [7, 11) is 0. The molecule has 5 aromatic rings. The Bertz CT molecular complexity index is 1590. The van der Waals surface area contributed by atoms with Crippen molar-refractivity contribution in [3.05, 3.63) is 65.4 Å². The molecule has 194 valence electrons. The summed E-state index contributed by atoms with van der Waals surface area (Å²) in [6.45, 7) is 1.11. The van der Waals surface area contributed by atoms with E-state index in [1.807, 2.05) is 24.3 Å². The van der Waals surface area contributed by atoms with Gasteiger partial charge < -0.3 is 36.3 Å². The monoisotopic (exact) mass is 552 g/mol. The van der Waals surface area contributed by atoms with E-state index in [4.69, 9.17) is 27.5 Å². The van der Waals surface area contributed by atoms with Gasteiger partial charge in [0.1, 0.15) is 5.75 Å². The molecular formula is C23H21ClN10O3S. The lowest BCUT2D eigenvalue weighted by atomic mass is 10.2. The van der Waals surface area contributed by atoms with Crippen molar-refractivity contribution in [3.63, 3.8) is 0 Å². The molecule has 2 aromatic carbocycles. The average Bonchev–Trinajstić information content (AvgIpc) is 3.58. The number of amides is 1. The zero-order valence-corrected chi connectivity index (χ0v) is 21.1. The molecule has 0 unspecified atom stereocenters. The molecular weight excluding hydrogens is 532 g/mol. The third-order valence-electron chi connectivity index (χ3n) is 5.19. The number of nitrogens with two attached hydrogens (primary N) is 2. The number of aromatic hydroxyl groups is 1. The maximum atomic E-state index is 11.5. The van der Waals surface area contributed by atoms with Crippen LogP contribution >= 0.6 is 23.5 Å². The lowest BCUT2D eigenvalue weighted by Crippen LogP contribution is -2.16. The maximum Gasteiger partial charge on any atom is 0.259 e. The van der Waals surface area contributed by atoms with Crippen LogP contribution in [0, 0.1) is 0 Å². The highest BCUT2D eigenvalue weighted by Crippen LogP contribution is 2.33. The van der Waals surface area contributed by atoms with Gasteiger partial charge in [0.2, 0.25) is 17.7 Å². The zero-order valence-electron chi connectivity index (χ0n) is 19.6. The fraction of sp³-hybridized carbons (Fsp3) is 0.0870. The first-order chi connectivity index (χ1) is 18.4. The third kappa shape index (κ3) is 5.50. The number of hydrogen-bond acceptors (Lipinski definition) is 12. The second kappa shape index (κ2) is 10.7. The third-order valence-corrected chi connectivity index (χ3v) is 6.28. The summed E-state index contributed by atoms with van der Waals surface area (Å²) in [5, 5.41) is 20.6. The second-order valence-corrected chi connectivity index (χ2v) is 9.12. The van der Waals surface area contributed by atoms with E-state index in [9.17, 15) is 9.90 Å². The first-order valence-corrected chi connectivity index (χ1v) is 12.3. The van der Waals surface area contributed by atoms with Gasteiger partial charge in [0.05, 0.1) is 16.8 Å². The molecule has 0 aliphatic heterocycles. The molecule has 0 bridgehead atoms. The number of nitrogen functional groups attached to an aromatic ring is 1. The maximum absolute atomic E-state index is 11.5. The number of fused-ring (bicyclic) bond motifs is 1. The van der Waals surface area contributed by atoms with Gasteiger partial charge in [0.25, 0.3) is 11.7 Å². The van der Waals surface area contributed by atoms with Gasteiger partial charge in [0, 0.05) is 29.4 Å². The van der Waals surface area contributed by atoms with Crippen LogP contribution in [0.4, 0.5) is 23.3 Å². The van der Waals surface area contributed by atoms with Crippen molar-refractivity contribution < 1.29 is 14.3 Å². The minimum atomic E-state index is -0.759. The Hall–Kier alpha value is -4.69. The van der Waals surface area contributed by atoms with Crippen LogP contribution in [-0.4, -0.2) is 48.7 Å². The SMILES string of the molecule is NC(=O)c1cc(SNc2ccc(NCCNc3nc(N)n4nc(-c5ccco5)nc4n3)cc2)cc(Cl)c1O. The molecule has 0 fully saturated rings. The van der Waals surface area contributed by atoms with Gasteiger partial charge in [0.15, 0.2) is 5.76 Å². The summed E-state index contributed by atoms with van der Waals surface area (Å²) in [5.74, 6) is 0.578. The molecule has 5 rings (SSSR count). The number of rotatable bonds is 10. The highest BCUT2D eigenvalue weighted by atomic mass is 35.5. The number of anilines is 4. The molecule has 0 spiro atoms. The number of carbonyl (C=O) groups excluding carboxylic acids is 1. The van der Waals surface area contributed by atoms with Crippen molar-refractivity contribution in [2.45, 2.75) is 4.90 Å². The van der Waals surface area contributed by atoms with Crippen LogP contribution in [0.2, 0.25) is 5.02 Å². The van der Waals surface area contributed by atoms with Crippen LogP contribution in [0.3, 0.4) is 0 Å². The molecule has 0 radical (unpaired) electrons. The van der Waals surface area contributed by atoms with Crippen LogP contribution < -0.4 is 26.8 Å². The first kappa shape index (κ1) is 25.0. The quantitative estimate of drug-likeness (QED) is 0.109. The summed E-state index contributed by atoms with van der Waals surface area (Å²) in [5.41, 5.74) is 13.0. The molecule has 1 amide bonds. The molecule has 13 nitrogen and oxygen atoms in total. The fourth-order valence-electron chi connectivity index (χ4n) is 3.37. The van der Waals surface area contributed by atoms with E-state index < -0.39 is 5.91 Å². The molecule has 3 aromatic heterocycles. The van der Waals surface area contributed by atoms with Gasteiger partial charge in [-0.15, -0.1) is 5.10 Å². The number of hydrogen-bond donors (Lipinski definition) is 6. The normalized spacial score (nSPS) is 11.0. The van der Waals surface area contributed by atoms with Gasteiger partial charge in [-0.1, -0.05) is 11.6 Å². The Balaban J connectivity index is 1.12. The summed E-state index contributed by atoms with van der Waals surface area (Å²) >= 11 is 7.21. The summed E-state index contributed by atoms with van der Waals surface area (Å²) in [4.78, 5) is 25.0. The number of aromatic nitrogens is 5. The van der Waals surface area contributed by atoms with Gasteiger partial charge in [-0.2, -0.15) is 19.5 Å². The van der Waals surface area contributed by atoms with Crippen molar-refractivity contribution in [3.8, 4) is 17.3 Å². The van der Waals surface area contributed by atoms with Crippen molar-refractivity contribution in [1.29, 1.82) is 0 Å². The summed E-state index contributed by atoms with van der Waals surface area (Å²) in [6, 6.07) is 14.1. The van der Waals surface area contributed by atoms with Gasteiger partial charge in [-0.3, -0.25) is 4.79 Å². The number of halogens is 1. The Kier molecular flexibility index (Phi) is 7.06. The average molecular weight is 553 g/mol. The van der Waals surface area contributed by atoms with Crippen molar-refractivity contribution in [1.82, 2.24) is 24.6 Å². The van der Waals surface area contributed by atoms with E-state index in [1.165, 1.54) is 28.8 Å². The summed E-state index contributed by atoms with van der Waals surface area (Å²) in [6.07, 6.45) is 1.54. The van der Waals surface area contributed by atoms with Crippen LogP contribution in [-0.2, 0) is 0 Å². The van der Waals surface area contributed by atoms with E-state index in [1.54, 1.807) is 18.2 Å². The smallest absolute Gasteiger partial charge is 0.259 e. The van der Waals surface area contributed by atoms with E-state index in [-0.39, 0.29) is 22.3 Å².